The monoisotopic (exact) mass is 982 g/mol. The molecule has 1 aromatic heterocycles. The first-order chi connectivity index (χ1) is 35.1. The van der Waals surface area contributed by atoms with Gasteiger partial charge in [0.25, 0.3) is 6.71 Å². The Labute approximate surface area is 448 Å². The molecule has 0 bridgehead atoms. The average molecular weight is 982 g/mol. The molecule has 0 spiro atoms. The van der Waals surface area contributed by atoms with Crippen LogP contribution in [0.15, 0.2) is 133 Å². The lowest BCUT2D eigenvalue weighted by molar-refractivity contribution is 0.589. The van der Waals surface area contributed by atoms with Crippen molar-refractivity contribution in [1.82, 2.24) is 4.57 Å². The lowest BCUT2D eigenvalue weighted by atomic mass is 9.33. The Morgan fingerprint density at radius 2 is 0.920 bits per heavy atom. The highest BCUT2D eigenvalue weighted by Crippen LogP contribution is 2.53. The van der Waals surface area contributed by atoms with Crippen molar-refractivity contribution in [2.75, 3.05) is 9.80 Å². The van der Waals surface area contributed by atoms with Gasteiger partial charge < -0.3 is 14.4 Å². The maximum absolute atomic E-state index is 2.71. The Hall–Kier alpha value is -6.78. The maximum Gasteiger partial charge on any atom is 0.252 e. The molecule has 3 aliphatic rings. The van der Waals surface area contributed by atoms with E-state index in [0.29, 0.717) is 0 Å². The van der Waals surface area contributed by atoms with Crippen LogP contribution in [-0.2, 0) is 27.1 Å². The van der Waals surface area contributed by atoms with Gasteiger partial charge in [-0.05, 0) is 181 Å². The van der Waals surface area contributed by atoms with Crippen LogP contribution >= 0.6 is 0 Å². The fourth-order valence-corrected chi connectivity index (χ4v) is 13.4. The standard InChI is InChI=1S/C71H76BN3/c1-41-22-21-23-42(2)65(41)74-58-31-27-45(67(5,6)7)34-52(58)53-39-57-61(40-59(53)74)75(66-43(3)32-47(33-44(66)4)69(11,12)13)63-37-48(70(14,15)16)36-62-64(63)72(57)56-30-26-46(68(8,9)10)35-60(56)73(62)49-28-29-51-50-24-19-20-25-54(50)71(17,18)55(51)38-49/h19-40H,1-18H3. The van der Waals surface area contributed by atoms with E-state index in [1.807, 2.05) is 0 Å². The van der Waals surface area contributed by atoms with Crippen LogP contribution in [0, 0.1) is 27.7 Å². The molecule has 378 valence electrons. The SMILES string of the molecule is Cc1cc(C(C)(C)C)cc(C)c1N1c2cc3c(cc2B2c4ccc(C(C)(C)C)cc4N(c4ccc5c(c4)C(C)(C)c4ccccc4-5)c4cc(C(C)(C)C)cc1c42)c1cc(C(C)(C)C)ccc1n3-c1c(C)cccc1C. The minimum atomic E-state index is -0.155. The molecule has 4 heteroatoms. The van der Waals surface area contributed by atoms with E-state index in [1.165, 1.54) is 145 Å². The van der Waals surface area contributed by atoms with Crippen LogP contribution in [0.25, 0.3) is 38.6 Å². The Balaban J connectivity index is 1.25. The topological polar surface area (TPSA) is 11.4 Å². The molecule has 75 heavy (non-hydrogen) atoms. The van der Waals surface area contributed by atoms with Crippen molar-refractivity contribution < 1.29 is 0 Å². The molecule has 12 rings (SSSR count). The number of aromatic nitrogens is 1. The van der Waals surface area contributed by atoms with E-state index in [1.54, 1.807) is 0 Å². The summed E-state index contributed by atoms with van der Waals surface area (Å²) in [6.45, 7) is 42.3. The van der Waals surface area contributed by atoms with Crippen molar-refractivity contribution in [3.05, 3.63) is 189 Å². The highest BCUT2D eigenvalue weighted by Gasteiger charge is 2.46. The summed E-state index contributed by atoms with van der Waals surface area (Å²) in [5.41, 5.74) is 30.8. The Kier molecular flexibility index (Phi) is 10.6. The van der Waals surface area contributed by atoms with Gasteiger partial charge in [-0.2, -0.15) is 0 Å². The second-order valence-corrected chi connectivity index (χ2v) is 27.4. The van der Waals surface area contributed by atoms with Gasteiger partial charge in [-0.25, -0.2) is 0 Å². The van der Waals surface area contributed by atoms with E-state index < -0.39 is 0 Å². The summed E-state index contributed by atoms with van der Waals surface area (Å²) in [4.78, 5) is 5.37. The number of nitrogens with zero attached hydrogens (tertiary/aromatic N) is 3. The summed E-state index contributed by atoms with van der Waals surface area (Å²) in [7, 11) is 0. The largest absolute Gasteiger partial charge is 0.311 e. The first-order valence-corrected chi connectivity index (χ1v) is 27.6. The maximum atomic E-state index is 2.71. The van der Waals surface area contributed by atoms with Gasteiger partial charge >= 0.3 is 0 Å². The average Bonchev–Trinajstić information content (AvgIpc) is 3.77. The molecule has 1 aliphatic carbocycles. The van der Waals surface area contributed by atoms with Crippen LogP contribution in [0.1, 0.15) is 153 Å². The van der Waals surface area contributed by atoms with Crippen molar-refractivity contribution in [2.45, 2.75) is 152 Å². The first kappa shape index (κ1) is 49.1. The summed E-state index contributed by atoms with van der Waals surface area (Å²) in [5.74, 6) is 0. The highest BCUT2D eigenvalue weighted by atomic mass is 15.2. The third kappa shape index (κ3) is 7.35. The fraction of sp³-hybridized carbons (Fsp3) is 0.324. The quantitative estimate of drug-likeness (QED) is 0.163. The lowest BCUT2D eigenvalue weighted by Crippen LogP contribution is -2.61. The number of fused-ring (bicyclic) bond motifs is 10. The molecule has 0 amide bonds. The van der Waals surface area contributed by atoms with Crippen LogP contribution in [0.2, 0.25) is 0 Å². The minimum Gasteiger partial charge on any atom is -0.311 e. The molecule has 0 unspecified atom stereocenters. The van der Waals surface area contributed by atoms with E-state index in [9.17, 15) is 0 Å². The van der Waals surface area contributed by atoms with Crippen molar-refractivity contribution in [2.24, 2.45) is 0 Å². The summed E-state index contributed by atoms with van der Waals surface area (Å²) < 4.78 is 2.59. The van der Waals surface area contributed by atoms with Gasteiger partial charge in [0.05, 0.1) is 22.4 Å². The Morgan fingerprint density at radius 3 is 1.56 bits per heavy atom. The zero-order chi connectivity index (χ0) is 53.4. The van der Waals surface area contributed by atoms with Crippen molar-refractivity contribution >= 4 is 79.0 Å². The van der Waals surface area contributed by atoms with E-state index in [4.69, 9.17) is 0 Å². The lowest BCUT2D eigenvalue weighted by Gasteiger charge is -2.46. The number of benzene rings is 8. The van der Waals surface area contributed by atoms with E-state index >= 15 is 0 Å². The van der Waals surface area contributed by atoms with E-state index in [-0.39, 0.29) is 33.8 Å². The molecule has 0 atom stereocenters. The smallest absolute Gasteiger partial charge is 0.252 e. The molecule has 0 N–H and O–H groups in total. The second-order valence-electron chi connectivity index (χ2n) is 27.4. The fourth-order valence-electron chi connectivity index (χ4n) is 13.4. The molecule has 0 saturated carbocycles. The van der Waals surface area contributed by atoms with Gasteiger partial charge in [0.1, 0.15) is 0 Å². The highest BCUT2D eigenvalue weighted by molar-refractivity contribution is 7.00. The zero-order valence-electron chi connectivity index (χ0n) is 48.1. The van der Waals surface area contributed by atoms with Crippen molar-refractivity contribution in [3.63, 3.8) is 0 Å². The number of aryl methyl sites for hydroxylation is 4. The molecule has 2 aliphatic heterocycles. The summed E-state index contributed by atoms with van der Waals surface area (Å²) in [6.07, 6.45) is 0. The third-order valence-corrected chi connectivity index (χ3v) is 17.6. The van der Waals surface area contributed by atoms with E-state index in [0.717, 1.165) is 0 Å². The van der Waals surface area contributed by atoms with Gasteiger partial charge in [-0.1, -0.05) is 182 Å². The summed E-state index contributed by atoms with van der Waals surface area (Å²) in [6, 6.07) is 53.2. The first-order valence-electron chi connectivity index (χ1n) is 27.6. The number of hydrogen-bond donors (Lipinski definition) is 0. The van der Waals surface area contributed by atoms with Crippen LogP contribution in [-0.4, -0.2) is 11.3 Å². The van der Waals surface area contributed by atoms with Crippen LogP contribution in [0.5, 0.6) is 0 Å². The van der Waals surface area contributed by atoms with Crippen LogP contribution < -0.4 is 26.2 Å². The molecule has 9 aromatic rings. The molecule has 0 radical (unpaired) electrons. The molecule has 3 heterocycles. The third-order valence-electron chi connectivity index (χ3n) is 17.6. The number of anilines is 6. The second kappa shape index (κ2) is 16.1. The van der Waals surface area contributed by atoms with Gasteiger partial charge in [0.15, 0.2) is 0 Å². The molecule has 0 saturated heterocycles. The zero-order valence-corrected chi connectivity index (χ0v) is 48.1. The van der Waals surface area contributed by atoms with Crippen LogP contribution in [0.3, 0.4) is 0 Å². The van der Waals surface area contributed by atoms with Gasteiger partial charge in [0, 0.05) is 44.6 Å². The predicted molar refractivity (Wildman–Crippen MR) is 326 cm³/mol. The summed E-state index contributed by atoms with van der Waals surface area (Å²) >= 11 is 0. The molecular weight excluding hydrogens is 906 g/mol. The predicted octanol–water partition coefficient (Wildman–Crippen LogP) is 17.6. The molecule has 8 aromatic carbocycles. The molecule has 3 nitrogen and oxygen atoms in total. The van der Waals surface area contributed by atoms with Crippen molar-refractivity contribution in [3.8, 4) is 16.8 Å². The molecular formula is C71H76BN3. The molecule has 0 fully saturated rings. The van der Waals surface area contributed by atoms with Gasteiger partial charge in [-0.15, -0.1) is 0 Å². The normalized spacial score (nSPS) is 14.8. The number of hydrogen-bond acceptors (Lipinski definition) is 2. The van der Waals surface area contributed by atoms with Crippen LogP contribution in [0.4, 0.5) is 34.1 Å². The van der Waals surface area contributed by atoms with Gasteiger partial charge in [-0.3, -0.25) is 0 Å². The summed E-state index contributed by atoms with van der Waals surface area (Å²) in [5, 5.41) is 2.59. The number of para-hydroxylation sites is 1. The van der Waals surface area contributed by atoms with Gasteiger partial charge in [0.2, 0.25) is 0 Å². The minimum absolute atomic E-state index is 0.00338. The Bertz CT molecular complexity index is 3860. The Morgan fingerprint density at radius 1 is 0.387 bits per heavy atom. The van der Waals surface area contributed by atoms with Crippen molar-refractivity contribution in [1.29, 1.82) is 0 Å². The van der Waals surface area contributed by atoms with E-state index in [2.05, 4.69) is 272 Å². The number of rotatable bonds is 3.